The number of hydrogen-bond donors (Lipinski definition) is 0. The van der Waals surface area contributed by atoms with Crippen molar-refractivity contribution in [3.63, 3.8) is 0 Å². The minimum Gasteiger partial charge on any atom is -0.545 e. The number of aromatic carboxylic acids is 2. The summed E-state index contributed by atoms with van der Waals surface area (Å²) < 4.78 is 1.72. The van der Waals surface area contributed by atoms with Gasteiger partial charge in [0.25, 0.3) is 0 Å². The first-order valence-electron chi connectivity index (χ1n) is 8.16. The molecule has 4 rings (SSSR count). The molecular formula is C22H12Br2HgO4. The van der Waals surface area contributed by atoms with Crippen LogP contribution in [0.5, 0.6) is 0 Å². The van der Waals surface area contributed by atoms with Gasteiger partial charge in [-0.25, -0.2) is 0 Å². The van der Waals surface area contributed by atoms with Crippen LogP contribution >= 0.6 is 31.9 Å². The van der Waals surface area contributed by atoms with Crippen molar-refractivity contribution in [2.45, 2.75) is 0 Å². The van der Waals surface area contributed by atoms with Gasteiger partial charge < -0.3 is 19.8 Å². The van der Waals surface area contributed by atoms with Gasteiger partial charge in [0.2, 0.25) is 0 Å². The average molecular weight is 701 g/mol. The van der Waals surface area contributed by atoms with Gasteiger partial charge in [-0.2, -0.15) is 0 Å². The Bertz CT molecular complexity index is 1110. The van der Waals surface area contributed by atoms with Gasteiger partial charge in [0.05, 0.1) is 11.9 Å². The predicted octanol–water partition coefficient (Wildman–Crippen LogP) is 3.93. The van der Waals surface area contributed by atoms with Crippen LogP contribution in [-0.4, -0.2) is 11.9 Å². The van der Waals surface area contributed by atoms with Crippen molar-refractivity contribution in [3.05, 3.63) is 92.9 Å². The van der Waals surface area contributed by atoms with Crippen molar-refractivity contribution < 1.29 is 47.5 Å². The summed E-state index contributed by atoms with van der Waals surface area (Å²) in [6.07, 6.45) is 0. The fourth-order valence-electron chi connectivity index (χ4n) is 2.85. The maximum atomic E-state index is 10.8. The second-order valence-electron chi connectivity index (χ2n) is 5.92. The number of carbonyl (C=O) groups is 2. The van der Waals surface area contributed by atoms with E-state index in [0.29, 0.717) is 10.8 Å². The van der Waals surface area contributed by atoms with E-state index in [1.165, 1.54) is 0 Å². The summed E-state index contributed by atoms with van der Waals surface area (Å²) in [5.41, 5.74) is 0.451. The van der Waals surface area contributed by atoms with Crippen LogP contribution in [0.25, 0.3) is 21.5 Å². The van der Waals surface area contributed by atoms with Gasteiger partial charge in [-0.15, -0.1) is 0 Å². The summed E-state index contributed by atoms with van der Waals surface area (Å²) in [7, 11) is 0. The van der Waals surface area contributed by atoms with E-state index in [2.05, 4.69) is 31.9 Å². The van der Waals surface area contributed by atoms with Gasteiger partial charge in [-0.1, -0.05) is 80.4 Å². The molecule has 140 valence electrons. The fraction of sp³-hybridized carbons (Fsp3) is 0. The standard InChI is InChI=1S/2C11H7BrO2.Hg/c2*12-8-5-4-7-2-1-3-9(11(13)14)10(7)6-8;/h2*1-6H,(H,13,14);/q;;+2/p-2. The minimum atomic E-state index is -1.14. The average Bonchev–Trinajstić information content (AvgIpc) is 2.67. The third kappa shape index (κ3) is 5.65. The van der Waals surface area contributed by atoms with Gasteiger partial charge >= 0.3 is 27.7 Å². The van der Waals surface area contributed by atoms with E-state index in [0.717, 1.165) is 19.7 Å². The Labute approximate surface area is 204 Å². The molecule has 4 aromatic rings. The smallest absolute Gasteiger partial charge is 0.545 e. The molecule has 0 atom stereocenters. The SMILES string of the molecule is O=C([O-])c1cccc2ccc(Br)cc12.O=C([O-])c1cccc2ccc(Br)cc12.[Hg+2]. The van der Waals surface area contributed by atoms with Gasteiger partial charge in [0.1, 0.15) is 0 Å². The van der Waals surface area contributed by atoms with Crippen molar-refractivity contribution in [2.24, 2.45) is 0 Å². The van der Waals surface area contributed by atoms with Gasteiger partial charge in [-0.3, -0.25) is 0 Å². The number of carboxylic acid groups (broad SMARTS) is 2. The molecule has 0 unspecified atom stereocenters. The first kappa shape index (κ1) is 23.5. The second kappa shape index (κ2) is 10.3. The number of fused-ring (bicyclic) bond motifs is 2. The predicted molar refractivity (Wildman–Crippen MR) is 112 cm³/mol. The van der Waals surface area contributed by atoms with Crippen molar-refractivity contribution in [1.29, 1.82) is 0 Å². The van der Waals surface area contributed by atoms with Crippen molar-refractivity contribution in [2.75, 3.05) is 0 Å². The van der Waals surface area contributed by atoms with Crippen LogP contribution in [0.3, 0.4) is 0 Å². The van der Waals surface area contributed by atoms with Crippen LogP contribution in [0.1, 0.15) is 20.7 Å². The van der Waals surface area contributed by atoms with Gasteiger partial charge in [0, 0.05) is 20.1 Å². The van der Waals surface area contributed by atoms with E-state index in [4.69, 9.17) is 0 Å². The summed E-state index contributed by atoms with van der Waals surface area (Å²) in [4.78, 5) is 21.6. The third-order valence-electron chi connectivity index (χ3n) is 4.13. The Morgan fingerprint density at radius 3 is 1.34 bits per heavy atom. The van der Waals surface area contributed by atoms with E-state index in [1.54, 1.807) is 36.4 Å². The Hall–Kier alpha value is -1.76. The zero-order valence-electron chi connectivity index (χ0n) is 15.0. The summed E-state index contributed by atoms with van der Waals surface area (Å²) >= 11 is 6.60. The van der Waals surface area contributed by atoms with Crippen LogP contribution in [0.2, 0.25) is 0 Å². The van der Waals surface area contributed by atoms with E-state index >= 15 is 0 Å². The Kier molecular flexibility index (Phi) is 8.37. The molecule has 0 bridgehead atoms. The summed E-state index contributed by atoms with van der Waals surface area (Å²) in [6.45, 7) is 0. The van der Waals surface area contributed by atoms with Crippen LogP contribution in [0.15, 0.2) is 81.7 Å². The molecule has 0 heterocycles. The molecule has 0 aromatic heterocycles. The number of hydrogen-bond acceptors (Lipinski definition) is 4. The minimum absolute atomic E-state index is 0. The summed E-state index contributed by atoms with van der Waals surface area (Å²) in [5.74, 6) is -2.29. The van der Waals surface area contributed by atoms with Crippen LogP contribution in [-0.2, 0) is 27.7 Å². The maximum absolute atomic E-state index is 10.8. The van der Waals surface area contributed by atoms with Crippen molar-refractivity contribution >= 4 is 65.3 Å². The molecule has 0 spiro atoms. The molecule has 0 radical (unpaired) electrons. The Balaban J connectivity index is 0.000000200. The second-order valence-corrected chi connectivity index (χ2v) is 7.75. The maximum Gasteiger partial charge on any atom is 2.00 e. The third-order valence-corrected chi connectivity index (χ3v) is 5.11. The molecule has 0 aliphatic carbocycles. The normalized spacial score (nSPS) is 10.0. The van der Waals surface area contributed by atoms with E-state index < -0.39 is 11.9 Å². The molecule has 7 heteroatoms. The molecule has 0 fully saturated rings. The fourth-order valence-corrected chi connectivity index (χ4v) is 3.57. The number of halogens is 2. The molecule has 0 saturated heterocycles. The van der Waals surface area contributed by atoms with Crippen molar-refractivity contribution in [1.82, 2.24) is 0 Å². The molecule has 4 aromatic carbocycles. The molecular weight excluding hydrogens is 689 g/mol. The first-order chi connectivity index (χ1) is 13.4. The monoisotopic (exact) mass is 700 g/mol. The van der Waals surface area contributed by atoms with E-state index in [-0.39, 0.29) is 38.8 Å². The molecule has 0 aliphatic rings. The molecule has 0 N–H and O–H groups in total. The largest absolute Gasteiger partial charge is 2.00 e. The molecule has 4 nitrogen and oxygen atoms in total. The zero-order valence-corrected chi connectivity index (χ0v) is 23.7. The molecule has 29 heavy (non-hydrogen) atoms. The first-order valence-corrected chi connectivity index (χ1v) is 9.74. The zero-order chi connectivity index (χ0) is 20.3. The number of carboxylic acids is 2. The number of carbonyl (C=O) groups excluding carboxylic acids is 2. The van der Waals surface area contributed by atoms with Gasteiger partial charge in [0.15, 0.2) is 0 Å². The van der Waals surface area contributed by atoms with Crippen molar-refractivity contribution in [3.8, 4) is 0 Å². The number of rotatable bonds is 2. The Morgan fingerprint density at radius 2 is 1.00 bits per heavy atom. The van der Waals surface area contributed by atoms with E-state index in [1.807, 2.05) is 36.4 Å². The van der Waals surface area contributed by atoms with Crippen LogP contribution in [0.4, 0.5) is 0 Å². The number of benzene rings is 4. The summed E-state index contributed by atoms with van der Waals surface area (Å²) in [6, 6.07) is 21.3. The van der Waals surface area contributed by atoms with E-state index in [9.17, 15) is 19.8 Å². The van der Waals surface area contributed by atoms with Crippen LogP contribution in [0, 0.1) is 0 Å². The van der Waals surface area contributed by atoms with Gasteiger partial charge in [-0.05, 0) is 45.8 Å². The molecule has 0 aliphatic heterocycles. The van der Waals surface area contributed by atoms with Crippen LogP contribution < -0.4 is 10.2 Å². The quantitative estimate of drug-likeness (QED) is 0.297. The summed E-state index contributed by atoms with van der Waals surface area (Å²) in [5, 5.41) is 24.8. The topological polar surface area (TPSA) is 80.3 Å². The molecule has 0 saturated carbocycles. The molecule has 0 amide bonds. The Morgan fingerprint density at radius 1 is 0.621 bits per heavy atom.